The predicted molar refractivity (Wildman–Crippen MR) is 102 cm³/mol. The lowest BCUT2D eigenvalue weighted by molar-refractivity contribution is 0.202. The number of halogens is 1. The number of hydrogen-bond donors (Lipinski definition) is 0. The van der Waals surface area contributed by atoms with Crippen molar-refractivity contribution in [1.82, 2.24) is 14.3 Å². The summed E-state index contributed by atoms with van der Waals surface area (Å²) in [5, 5.41) is 0. The van der Waals surface area contributed by atoms with Crippen LogP contribution in [-0.2, 0) is 6.54 Å². The summed E-state index contributed by atoms with van der Waals surface area (Å²) in [6, 6.07) is 16.0. The molecule has 0 radical (unpaired) electrons. The third-order valence-corrected chi connectivity index (χ3v) is 5.74. The van der Waals surface area contributed by atoms with Gasteiger partial charge in [0.25, 0.3) is 0 Å². The fourth-order valence-corrected chi connectivity index (χ4v) is 4.03. The van der Waals surface area contributed by atoms with E-state index in [-0.39, 0.29) is 0 Å². The molecule has 1 aliphatic rings. The second-order valence-corrected chi connectivity index (χ2v) is 7.71. The normalized spacial score (nSPS) is 21.6. The van der Waals surface area contributed by atoms with Crippen LogP contribution >= 0.6 is 15.9 Å². The topological polar surface area (TPSA) is 20.5 Å². The van der Waals surface area contributed by atoms with Gasteiger partial charge in [-0.1, -0.05) is 34.1 Å². The van der Waals surface area contributed by atoms with Crippen molar-refractivity contribution in [3.8, 4) is 11.3 Å². The van der Waals surface area contributed by atoms with Crippen molar-refractivity contribution in [2.24, 2.45) is 0 Å². The zero-order chi connectivity index (χ0) is 16.7. The van der Waals surface area contributed by atoms with Crippen molar-refractivity contribution >= 4 is 21.6 Å². The van der Waals surface area contributed by atoms with E-state index in [9.17, 15) is 0 Å². The summed E-state index contributed by atoms with van der Waals surface area (Å²) in [5.41, 5.74) is 4.58. The van der Waals surface area contributed by atoms with E-state index in [1.165, 1.54) is 24.1 Å². The van der Waals surface area contributed by atoms with Crippen LogP contribution in [0.3, 0.4) is 0 Å². The number of fused-ring (bicyclic) bond motifs is 1. The van der Waals surface area contributed by atoms with Crippen molar-refractivity contribution < 1.29 is 0 Å². The summed E-state index contributed by atoms with van der Waals surface area (Å²) in [5.74, 6) is 0. The molecule has 0 N–H and O–H groups in total. The molecule has 1 aliphatic heterocycles. The Morgan fingerprint density at radius 1 is 1.04 bits per heavy atom. The number of rotatable bonds is 3. The third-order valence-electron chi connectivity index (χ3n) is 5.21. The lowest BCUT2D eigenvalue weighted by Crippen LogP contribution is -2.32. The maximum atomic E-state index is 4.93. The number of hydrogen-bond acceptors (Lipinski definition) is 2. The standard InChI is InChI=1S/C20H22BrN3/c1-14-6-7-15(2)24(14)13-18-20(16-8-10-17(21)11-9-16)22-19-5-3-4-12-23(18)19/h3-5,8-12,14-15H,6-7,13H2,1-2H3. The number of benzene rings is 1. The maximum absolute atomic E-state index is 4.93. The molecule has 3 nitrogen and oxygen atoms in total. The van der Waals surface area contributed by atoms with Crippen molar-refractivity contribution in [3.05, 3.63) is 58.8 Å². The minimum absolute atomic E-state index is 0.632. The van der Waals surface area contributed by atoms with Crippen molar-refractivity contribution in [1.29, 1.82) is 0 Å². The highest BCUT2D eigenvalue weighted by molar-refractivity contribution is 9.10. The van der Waals surface area contributed by atoms with Gasteiger partial charge in [-0.25, -0.2) is 4.98 Å². The average Bonchev–Trinajstić information content (AvgIpc) is 3.11. The van der Waals surface area contributed by atoms with Crippen molar-refractivity contribution in [2.75, 3.05) is 0 Å². The number of nitrogens with zero attached hydrogens (tertiary/aromatic N) is 3. The molecule has 1 aromatic carbocycles. The van der Waals surface area contributed by atoms with Crippen LogP contribution in [0.25, 0.3) is 16.9 Å². The molecule has 0 amide bonds. The van der Waals surface area contributed by atoms with E-state index in [2.05, 4.69) is 87.7 Å². The first-order chi connectivity index (χ1) is 11.6. The van der Waals surface area contributed by atoms with Gasteiger partial charge in [0, 0.05) is 34.9 Å². The van der Waals surface area contributed by atoms with E-state index < -0.39 is 0 Å². The van der Waals surface area contributed by atoms with Crippen LogP contribution in [0.2, 0.25) is 0 Å². The first kappa shape index (κ1) is 15.9. The maximum Gasteiger partial charge on any atom is 0.137 e. The Labute approximate surface area is 151 Å². The second-order valence-electron chi connectivity index (χ2n) is 6.79. The van der Waals surface area contributed by atoms with Crippen LogP contribution in [0.1, 0.15) is 32.4 Å². The molecule has 4 rings (SSSR count). The van der Waals surface area contributed by atoms with Crippen molar-refractivity contribution in [2.45, 2.75) is 45.3 Å². The van der Waals surface area contributed by atoms with Gasteiger partial charge in [-0.3, -0.25) is 4.90 Å². The molecule has 24 heavy (non-hydrogen) atoms. The summed E-state index contributed by atoms with van der Waals surface area (Å²) in [7, 11) is 0. The SMILES string of the molecule is CC1CCC(C)N1Cc1c(-c2ccc(Br)cc2)nc2ccccn12. The molecule has 3 heterocycles. The van der Waals surface area contributed by atoms with Crippen LogP contribution < -0.4 is 0 Å². The quantitative estimate of drug-likeness (QED) is 0.624. The van der Waals surface area contributed by atoms with E-state index in [1.54, 1.807) is 0 Å². The summed E-state index contributed by atoms with van der Waals surface area (Å²) < 4.78 is 3.34. The van der Waals surface area contributed by atoms with Crippen LogP contribution in [0.4, 0.5) is 0 Å². The fraction of sp³-hybridized carbons (Fsp3) is 0.350. The molecule has 124 valence electrons. The number of imidazole rings is 1. The molecule has 0 bridgehead atoms. The lowest BCUT2D eigenvalue weighted by atomic mass is 10.1. The zero-order valence-electron chi connectivity index (χ0n) is 14.1. The second kappa shape index (κ2) is 6.34. The van der Waals surface area contributed by atoms with Crippen LogP contribution in [0.15, 0.2) is 53.1 Å². The Bertz CT molecular complexity index is 843. The summed E-state index contributed by atoms with van der Waals surface area (Å²) in [6.45, 7) is 5.62. The van der Waals surface area contributed by atoms with E-state index in [1.807, 2.05) is 0 Å². The smallest absolute Gasteiger partial charge is 0.137 e. The molecule has 2 aromatic heterocycles. The monoisotopic (exact) mass is 383 g/mol. The molecule has 0 spiro atoms. The van der Waals surface area contributed by atoms with Gasteiger partial charge in [-0.2, -0.15) is 0 Å². The number of aromatic nitrogens is 2. The minimum Gasteiger partial charge on any atom is -0.302 e. The minimum atomic E-state index is 0.632. The van der Waals surface area contributed by atoms with Gasteiger partial charge in [-0.15, -0.1) is 0 Å². The molecule has 4 heteroatoms. The van der Waals surface area contributed by atoms with Crippen molar-refractivity contribution in [3.63, 3.8) is 0 Å². The summed E-state index contributed by atoms with van der Waals surface area (Å²) in [6.07, 6.45) is 4.70. The largest absolute Gasteiger partial charge is 0.302 e. The van der Waals surface area contributed by atoms with Gasteiger partial charge in [0.1, 0.15) is 5.65 Å². The summed E-state index contributed by atoms with van der Waals surface area (Å²) >= 11 is 3.52. The van der Waals surface area contributed by atoms with E-state index in [4.69, 9.17) is 4.98 Å². The molecular weight excluding hydrogens is 362 g/mol. The fourth-order valence-electron chi connectivity index (χ4n) is 3.77. The van der Waals surface area contributed by atoms with Gasteiger partial charge in [-0.05, 0) is 51.0 Å². The molecule has 3 aromatic rings. The van der Waals surface area contributed by atoms with Gasteiger partial charge < -0.3 is 4.40 Å². The third kappa shape index (κ3) is 2.78. The van der Waals surface area contributed by atoms with E-state index in [0.29, 0.717) is 12.1 Å². The van der Waals surface area contributed by atoms with E-state index >= 15 is 0 Å². The highest BCUT2D eigenvalue weighted by Crippen LogP contribution is 2.31. The van der Waals surface area contributed by atoms with Crippen LogP contribution in [0.5, 0.6) is 0 Å². The van der Waals surface area contributed by atoms with E-state index in [0.717, 1.165) is 22.4 Å². The lowest BCUT2D eigenvalue weighted by Gasteiger charge is -2.26. The Morgan fingerprint density at radius 3 is 2.46 bits per heavy atom. The average molecular weight is 384 g/mol. The van der Waals surface area contributed by atoms with Gasteiger partial charge in [0.15, 0.2) is 0 Å². The highest BCUT2D eigenvalue weighted by Gasteiger charge is 2.29. The molecular formula is C20H22BrN3. The molecule has 2 unspecified atom stereocenters. The zero-order valence-corrected chi connectivity index (χ0v) is 15.7. The first-order valence-electron chi connectivity index (χ1n) is 8.61. The molecule has 0 saturated carbocycles. The Balaban J connectivity index is 1.82. The number of likely N-dealkylation sites (tertiary alicyclic amines) is 1. The Hall–Kier alpha value is -1.65. The molecule has 0 aliphatic carbocycles. The molecule has 1 saturated heterocycles. The van der Waals surface area contributed by atoms with Gasteiger partial charge in [0.05, 0.1) is 11.4 Å². The molecule has 1 fully saturated rings. The first-order valence-corrected chi connectivity index (χ1v) is 9.40. The number of pyridine rings is 1. The highest BCUT2D eigenvalue weighted by atomic mass is 79.9. The predicted octanol–water partition coefficient (Wildman–Crippen LogP) is 5.14. The van der Waals surface area contributed by atoms with Crippen LogP contribution in [0, 0.1) is 0 Å². The Kier molecular flexibility index (Phi) is 4.19. The molecule has 2 atom stereocenters. The Morgan fingerprint density at radius 2 is 1.75 bits per heavy atom. The van der Waals surface area contributed by atoms with Crippen LogP contribution in [-0.4, -0.2) is 26.4 Å². The van der Waals surface area contributed by atoms with Gasteiger partial charge in [0.2, 0.25) is 0 Å². The summed E-state index contributed by atoms with van der Waals surface area (Å²) in [4.78, 5) is 7.54. The van der Waals surface area contributed by atoms with Gasteiger partial charge >= 0.3 is 0 Å².